The molecule has 0 saturated carbocycles. The molecule has 3 heterocycles. The van der Waals surface area contributed by atoms with Gasteiger partial charge < -0.3 is 24.8 Å². The lowest BCUT2D eigenvalue weighted by molar-refractivity contribution is -0.127. The van der Waals surface area contributed by atoms with Gasteiger partial charge in [-0.2, -0.15) is 5.10 Å². The number of amides is 1. The van der Waals surface area contributed by atoms with Gasteiger partial charge in [0.25, 0.3) is 0 Å². The molecule has 1 aromatic carbocycles. The second-order valence-electron chi connectivity index (χ2n) is 8.67. The van der Waals surface area contributed by atoms with Crippen molar-refractivity contribution < 1.29 is 23.8 Å². The molecule has 1 saturated heterocycles. The third kappa shape index (κ3) is 4.99. The van der Waals surface area contributed by atoms with E-state index in [9.17, 15) is 9.59 Å². The number of anilines is 1. The standard InChI is InChI=1S/C27H29N5O5/c1-6-24(34)31-14-18(11-19(31)15-35-3)32-26-22(16(2)33)13-29-27(28)25(26)23(30-32)8-7-17-9-20(36-4)12-21(10-17)37-5/h6,9-10,12-13,18-19H,1,11,14-15H2,2-5H3,(H2,28,29)/t18-,19+/m0/s1. The van der Waals surface area contributed by atoms with Crippen LogP contribution in [0.4, 0.5) is 5.82 Å². The van der Waals surface area contributed by atoms with Gasteiger partial charge in [0.15, 0.2) is 5.78 Å². The summed E-state index contributed by atoms with van der Waals surface area (Å²) in [5.41, 5.74) is 8.24. The van der Waals surface area contributed by atoms with E-state index in [1.165, 1.54) is 19.2 Å². The predicted molar refractivity (Wildman–Crippen MR) is 139 cm³/mol. The van der Waals surface area contributed by atoms with Crippen molar-refractivity contribution in [3.05, 3.63) is 53.9 Å². The Morgan fingerprint density at radius 3 is 2.49 bits per heavy atom. The maximum atomic E-state index is 12.6. The van der Waals surface area contributed by atoms with Crippen LogP contribution in [-0.4, -0.2) is 71.9 Å². The number of fused-ring (bicyclic) bond motifs is 1. The summed E-state index contributed by atoms with van der Waals surface area (Å²) in [7, 11) is 4.72. The zero-order valence-corrected chi connectivity index (χ0v) is 21.3. The highest BCUT2D eigenvalue weighted by Gasteiger charge is 2.37. The average Bonchev–Trinajstić information content (AvgIpc) is 3.49. The number of ether oxygens (including phenoxy) is 3. The molecule has 1 aliphatic rings. The summed E-state index contributed by atoms with van der Waals surface area (Å²) in [6, 6.07) is 4.91. The van der Waals surface area contributed by atoms with E-state index in [0.717, 1.165) is 0 Å². The normalized spacial score (nSPS) is 16.8. The Hall–Kier alpha value is -4.36. The van der Waals surface area contributed by atoms with Crippen molar-refractivity contribution in [2.75, 3.05) is 40.2 Å². The minimum atomic E-state index is -0.237. The minimum absolute atomic E-state index is 0.168. The van der Waals surface area contributed by atoms with E-state index in [4.69, 9.17) is 25.0 Å². The minimum Gasteiger partial charge on any atom is -0.497 e. The number of carbonyl (C=O) groups is 2. The number of nitrogens with two attached hydrogens (primary N) is 1. The van der Waals surface area contributed by atoms with E-state index in [2.05, 4.69) is 23.4 Å². The third-order valence-electron chi connectivity index (χ3n) is 6.37. The summed E-state index contributed by atoms with van der Waals surface area (Å²) in [6.07, 6.45) is 3.31. The van der Waals surface area contributed by atoms with Crippen LogP contribution in [0.2, 0.25) is 0 Å². The highest BCUT2D eigenvalue weighted by atomic mass is 16.5. The molecular weight excluding hydrogens is 474 g/mol. The van der Waals surface area contributed by atoms with Crippen LogP contribution in [0.25, 0.3) is 10.9 Å². The number of aromatic nitrogens is 3. The van der Waals surface area contributed by atoms with Gasteiger partial charge in [-0.1, -0.05) is 12.5 Å². The molecule has 0 bridgehead atoms. The van der Waals surface area contributed by atoms with Crippen LogP contribution < -0.4 is 15.2 Å². The smallest absolute Gasteiger partial charge is 0.246 e. The van der Waals surface area contributed by atoms with Gasteiger partial charge in [-0.05, 0) is 37.5 Å². The van der Waals surface area contributed by atoms with Crippen LogP contribution in [0, 0.1) is 11.8 Å². The molecule has 2 aromatic heterocycles. The van der Waals surface area contributed by atoms with Gasteiger partial charge in [0, 0.05) is 31.5 Å². The zero-order chi connectivity index (χ0) is 26.7. The molecule has 3 aromatic rings. The molecule has 1 fully saturated rings. The average molecular weight is 504 g/mol. The van der Waals surface area contributed by atoms with Gasteiger partial charge in [0.2, 0.25) is 5.91 Å². The van der Waals surface area contributed by atoms with Gasteiger partial charge in [-0.3, -0.25) is 14.3 Å². The Bertz CT molecular complexity index is 1410. The van der Waals surface area contributed by atoms with Crippen molar-refractivity contribution in [3.8, 4) is 23.3 Å². The molecule has 192 valence electrons. The summed E-state index contributed by atoms with van der Waals surface area (Å²) < 4.78 is 17.8. The number of hydrogen-bond donors (Lipinski definition) is 1. The fraction of sp³-hybridized carbons (Fsp3) is 0.333. The quantitative estimate of drug-likeness (QED) is 0.297. The molecule has 0 unspecified atom stereocenters. The van der Waals surface area contributed by atoms with Crippen molar-refractivity contribution in [1.29, 1.82) is 0 Å². The van der Waals surface area contributed by atoms with Crippen LogP contribution in [0.15, 0.2) is 37.1 Å². The summed E-state index contributed by atoms with van der Waals surface area (Å²) in [6.45, 7) is 5.82. The molecule has 2 N–H and O–H groups in total. The number of Topliss-reactive ketones (excluding diaryl/α,β-unsaturated/α-hetero) is 1. The summed E-state index contributed by atoms with van der Waals surface area (Å²) >= 11 is 0. The van der Waals surface area contributed by atoms with E-state index < -0.39 is 0 Å². The van der Waals surface area contributed by atoms with Crippen LogP contribution in [0.1, 0.15) is 41.0 Å². The molecule has 1 aliphatic heterocycles. The Morgan fingerprint density at radius 1 is 1.19 bits per heavy atom. The monoisotopic (exact) mass is 503 g/mol. The number of carbonyl (C=O) groups excluding carboxylic acids is 2. The van der Waals surface area contributed by atoms with Crippen LogP contribution >= 0.6 is 0 Å². The van der Waals surface area contributed by atoms with Gasteiger partial charge in [0.1, 0.15) is 23.0 Å². The fourth-order valence-electron chi connectivity index (χ4n) is 4.62. The first kappa shape index (κ1) is 25.7. The third-order valence-corrected chi connectivity index (χ3v) is 6.37. The van der Waals surface area contributed by atoms with Gasteiger partial charge in [-0.25, -0.2) is 4.98 Å². The number of nitrogens with zero attached hydrogens (tertiary/aromatic N) is 4. The van der Waals surface area contributed by atoms with Crippen molar-refractivity contribution in [2.24, 2.45) is 0 Å². The maximum Gasteiger partial charge on any atom is 0.246 e. The van der Waals surface area contributed by atoms with E-state index >= 15 is 0 Å². The molecule has 10 nitrogen and oxygen atoms in total. The molecule has 0 spiro atoms. The predicted octanol–water partition coefficient (Wildman–Crippen LogP) is 2.61. The fourth-order valence-corrected chi connectivity index (χ4v) is 4.62. The van der Waals surface area contributed by atoms with Gasteiger partial charge >= 0.3 is 0 Å². The largest absolute Gasteiger partial charge is 0.497 e. The number of likely N-dealkylation sites (tertiary alicyclic amines) is 1. The molecule has 1 amide bonds. The second-order valence-corrected chi connectivity index (χ2v) is 8.67. The number of hydrogen-bond acceptors (Lipinski definition) is 8. The number of methoxy groups -OCH3 is 3. The second kappa shape index (κ2) is 10.7. The van der Waals surface area contributed by atoms with Gasteiger partial charge in [0.05, 0.1) is 49.4 Å². The highest BCUT2D eigenvalue weighted by Crippen LogP contribution is 2.34. The maximum absolute atomic E-state index is 12.6. The lowest BCUT2D eigenvalue weighted by Crippen LogP contribution is -2.37. The first-order valence-corrected chi connectivity index (χ1v) is 11.7. The first-order valence-electron chi connectivity index (χ1n) is 11.7. The lowest BCUT2D eigenvalue weighted by Gasteiger charge is -2.22. The van der Waals surface area contributed by atoms with E-state index in [1.54, 1.807) is 49.1 Å². The molecule has 37 heavy (non-hydrogen) atoms. The SMILES string of the molecule is C=CC(=O)N1C[C@@H](n2nc(C#Cc3cc(OC)cc(OC)c3)c3c(N)ncc(C(C)=O)c32)C[C@@H]1COC. The molecule has 0 radical (unpaired) electrons. The summed E-state index contributed by atoms with van der Waals surface area (Å²) in [5.74, 6) is 7.22. The summed E-state index contributed by atoms with van der Waals surface area (Å²) in [5, 5.41) is 5.29. The Balaban J connectivity index is 1.87. The lowest BCUT2D eigenvalue weighted by atomic mass is 10.1. The van der Waals surface area contributed by atoms with E-state index in [0.29, 0.717) is 58.8 Å². The zero-order valence-electron chi connectivity index (χ0n) is 21.3. The number of pyridine rings is 1. The number of nitrogen functional groups attached to an aromatic ring is 1. The first-order chi connectivity index (χ1) is 17.8. The molecule has 10 heteroatoms. The molecule has 0 aliphatic carbocycles. The van der Waals surface area contributed by atoms with Crippen molar-refractivity contribution in [2.45, 2.75) is 25.4 Å². The number of rotatable bonds is 7. The van der Waals surface area contributed by atoms with E-state index in [-0.39, 0.29) is 29.6 Å². The van der Waals surface area contributed by atoms with Crippen LogP contribution in [-0.2, 0) is 9.53 Å². The van der Waals surface area contributed by atoms with Crippen LogP contribution in [0.3, 0.4) is 0 Å². The molecule has 4 rings (SSSR count). The number of benzene rings is 1. The number of ketones is 1. The van der Waals surface area contributed by atoms with Crippen LogP contribution in [0.5, 0.6) is 11.5 Å². The van der Waals surface area contributed by atoms with Crippen molar-refractivity contribution >= 4 is 28.4 Å². The van der Waals surface area contributed by atoms with Gasteiger partial charge in [-0.15, -0.1) is 0 Å². The Morgan fingerprint density at radius 2 is 1.89 bits per heavy atom. The van der Waals surface area contributed by atoms with Crippen molar-refractivity contribution in [3.63, 3.8) is 0 Å². The Kier molecular flexibility index (Phi) is 7.45. The molecular formula is C27H29N5O5. The van der Waals surface area contributed by atoms with E-state index in [1.807, 2.05) is 0 Å². The Labute approximate surface area is 215 Å². The highest BCUT2D eigenvalue weighted by molar-refractivity contribution is 6.09. The topological polar surface area (TPSA) is 122 Å². The molecule has 2 atom stereocenters. The summed E-state index contributed by atoms with van der Waals surface area (Å²) in [4.78, 5) is 31.1. The van der Waals surface area contributed by atoms with Crippen molar-refractivity contribution in [1.82, 2.24) is 19.7 Å².